The van der Waals surface area contributed by atoms with Crippen molar-refractivity contribution in [3.05, 3.63) is 94.3 Å². The van der Waals surface area contributed by atoms with Gasteiger partial charge in [0.05, 0.1) is 49.7 Å². The normalized spacial score (nSPS) is 17.8. The van der Waals surface area contributed by atoms with Gasteiger partial charge in [0.2, 0.25) is 5.95 Å². The number of carbonyl (C=O) groups is 2. The van der Waals surface area contributed by atoms with Crippen LogP contribution in [0.5, 0.6) is 5.75 Å². The minimum Gasteiger partial charge on any atom is -0.496 e. The van der Waals surface area contributed by atoms with E-state index in [1.54, 1.807) is 52.5 Å². The van der Waals surface area contributed by atoms with Crippen molar-refractivity contribution in [3.8, 4) is 28.0 Å². The van der Waals surface area contributed by atoms with Crippen LogP contribution in [-0.4, -0.2) is 73.5 Å². The van der Waals surface area contributed by atoms with E-state index in [-0.39, 0.29) is 18.2 Å². The van der Waals surface area contributed by atoms with Crippen molar-refractivity contribution in [2.24, 2.45) is 0 Å². The first-order valence-corrected chi connectivity index (χ1v) is 16.0. The smallest absolute Gasteiger partial charge is 0.416 e. The molecule has 13 heteroatoms. The maximum Gasteiger partial charge on any atom is 0.416 e. The van der Waals surface area contributed by atoms with Gasteiger partial charge in [-0.3, -0.25) is 4.90 Å². The van der Waals surface area contributed by atoms with Gasteiger partial charge in [0.15, 0.2) is 0 Å². The highest BCUT2D eigenvalue weighted by Crippen LogP contribution is 2.41. The number of methoxy groups -OCH3 is 3. The van der Waals surface area contributed by atoms with Crippen molar-refractivity contribution >= 4 is 18.0 Å². The molecule has 2 aliphatic rings. The van der Waals surface area contributed by atoms with E-state index in [4.69, 9.17) is 23.9 Å². The molecule has 0 unspecified atom stereocenters. The Labute approximate surface area is 287 Å². The molecule has 1 aromatic heterocycles. The zero-order valence-corrected chi connectivity index (χ0v) is 28.5. The fraction of sp³-hybridized carbons (Fsp3) is 0.351. The highest BCUT2D eigenvalue weighted by atomic mass is 19.4. The molecule has 1 amide bonds. The molecule has 2 saturated heterocycles. The van der Waals surface area contributed by atoms with Gasteiger partial charge in [0, 0.05) is 37.5 Å². The summed E-state index contributed by atoms with van der Waals surface area (Å²) in [5.41, 5.74) is 4.62. The number of aromatic nitrogens is 2. The number of carbonyl (C=O) groups excluding carboxylic acids is 2. The number of alkyl halides is 3. The van der Waals surface area contributed by atoms with Crippen LogP contribution in [0, 0.1) is 13.8 Å². The van der Waals surface area contributed by atoms with E-state index in [2.05, 4.69) is 4.98 Å². The minimum atomic E-state index is -4.55. The van der Waals surface area contributed by atoms with Crippen molar-refractivity contribution in [1.82, 2.24) is 14.9 Å². The summed E-state index contributed by atoms with van der Waals surface area (Å²) in [5.74, 6) is 0.552. The van der Waals surface area contributed by atoms with E-state index in [1.165, 1.54) is 12.0 Å². The van der Waals surface area contributed by atoms with Gasteiger partial charge < -0.3 is 23.8 Å². The molecular weight excluding hydrogens is 653 g/mol. The first-order chi connectivity index (χ1) is 23.8. The van der Waals surface area contributed by atoms with Crippen LogP contribution < -0.4 is 9.64 Å². The Kier molecular flexibility index (Phi) is 9.45. The molecule has 6 rings (SSSR count). The molecule has 0 aliphatic carbocycles. The number of cyclic esters (lactones) is 1. The maximum atomic E-state index is 13.7. The highest BCUT2D eigenvalue weighted by molar-refractivity contribution is 5.91. The Hall–Kier alpha value is -5.17. The zero-order chi connectivity index (χ0) is 35.9. The number of hydrogen-bond donors (Lipinski definition) is 0. The summed E-state index contributed by atoms with van der Waals surface area (Å²) in [6.07, 6.45) is -4.43. The number of nitrogens with zero attached hydrogens (tertiary/aromatic N) is 4. The van der Waals surface area contributed by atoms with Crippen molar-refractivity contribution in [2.45, 2.75) is 51.7 Å². The van der Waals surface area contributed by atoms with Crippen LogP contribution in [0.3, 0.4) is 0 Å². The molecule has 3 heterocycles. The van der Waals surface area contributed by atoms with Crippen LogP contribution in [-0.2, 0) is 26.9 Å². The Morgan fingerprint density at radius 3 is 2.40 bits per heavy atom. The van der Waals surface area contributed by atoms with Gasteiger partial charge in [-0.15, -0.1) is 0 Å². The lowest BCUT2D eigenvalue weighted by atomic mass is 9.94. The molecule has 10 nitrogen and oxygen atoms in total. The number of aryl methyl sites for hydroxylation is 2. The van der Waals surface area contributed by atoms with E-state index in [1.807, 2.05) is 36.1 Å². The van der Waals surface area contributed by atoms with E-state index in [9.17, 15) is 22.8 Å². The lowest BCUT2D eigenvalue weighted by Crippen LogP contribution is -2.52. The summed E-state index contributed by atoms with van der Waals surface area (Å²) in [6, 6.07) is 14.1. The molecule has 2 fully saturated rings. The lowest BCUT2D eigenvalue weighted by Gasteiger charge is -2.38. The topological polar surface area (TPSA) is 103 Å². The summed E-state index contributed by atoms with van der Waals surface area (Å²) in [6.45, 7) is 6.39. The van der Waals surface area contributed by atoms with Crippen molar-refractivity contribution in [1.29, 1.82) is 0 Å². The van der Waals surface area contributed by atoms with Crippen molar-refractivity contribution in [2.75, 3.05) is 39.3 Å². The van der Waals surface area contributed by atoms with Crippen LogP contribution in [0.4, 0.5) is 23.9 Å². The molecule has 0 bridgehead atoms. The second-order valence-corrected chi connectivity index (χ2v) is 12.5. The highest BCUT2D eigenvalue weighted by Gasteiger charge is 2.42. The third kappa shape index (κ3) is 6.69. The summed E-state index contributed by atoms with van der Waals surface area (Å²) in [7, 11) is 4.53. The minimum absolute atomic E-state index is 0.0128. The molecule has 3 aromatic carbocycles. The third-order valence-electron chi connectivity index (χ3n) is 9.24. The second kappa shape index (κ2) is 13.6. The van der Waals surface area contributed by atoms with Gasteiger partial charge in [-0.2, -0.15) is 13.2 Å². The molecular formula is C37H37F3N4O6. The fourth-order valence-electron chi connectivity index (χ4n) is 6.43. The number of anilines is 1. The van der Waals surface area contributed by atoms with E-state index >= 15 is 0 Å². The first kappa shape index (κ1) is 34.7. The first-order valence-electron chi connectivity index (χ1n) is 16.0. The zero-order valence-electron chi connectivity index (χ0n) is 28.5. The number of esters is 1. The summed E-state index contributed by atoms with van der Waals surface area (Å²) < 4.78 is 62.8. The molecule has 4 aromatic rings. The quantitative estimate of drug-likeness (QED) is 0.169. The van der Waals surface area contributed by atoms with Crippen LogP contribution in [0.2, 0.25) is 0 Å². The predicted molar refractivity (Wildman–Crippen MR) is 179 cm³/mol. The average molecular weight is 691 g/mol. The Balaban J connectivity index is 1.40. The fourth-order valence-corrected chi connectivity index (χ4v) is 6.43. The molecule has 2 atom stereocenters. The number of hydrogen-bond acceptors (Lipinski definition) is 9. The van der Waals surface area contributed by atoms with E-state index < -0.39 is 35.9 Å². The standard InChI is InChI=1S/C37H37F3N4O6/c1-20-11-25(14-26(12-20)37(38,39)40)33-22(3)44(36(46)50-33)19-31-30(16-41-35(42-31)43-17-27(18-43)47-4)29-15-23(8-10-32(29)48-5)28-9-7-24(13-21(28)2)34(45)49-6/h7-16,22,27,33H,17-19H2,1-6H3/t22-,33-/m0/s1. The van der Waals surface area contributed by atoms with Crippen molar-refractivity contribution < 1.29 is 41.7 Å². The Morgan fingerprint density at radius 1 is 0.980 bits per heavy atom. The third-order valence-corrected chi connectivity index (χ3v) is 9.24. The van der Waals surface area contributed by atoms with E-state index in [0.717, 1.165) is 28.8 Å². The van der Waals surface area contributed by atoms with Gasteiger partial charge in [-0.1, -0.05) is 23.8 Å². The van der Waals surface area contributed by atoms with Gasteiger partial charge >= 0.3 is 18.2 Å². The van der Waals surface area contributed by atoms with Crippen LogP contribution in [0.25, 0.3) is 22.3 Å². The molecule has 2 aliphatic heterocycles. The summed E-state index contributed by atoms with van der Waals surface area (Å²) in [4.78, 5) is 38.5. The number of amides is 1. The largest absolute Gasteiger partial charge is 0.496 e. The van der Waals surface area contributed by atoms with Gasteiger partial charge in [0.1, 0.15) is 11.9 Å². The number of ether oxygens (including phenoxy) is 4. The monoisotopic (exact) mass is 690 g/mol. The van der Waals surface area contributed by atoms with Gasteiger partial charge in [0.25, 0.3) is 0 Å². The van der Waals surface area contributed by atoms with Crippen LogP contribution >= 0.6 is 0 Å². The molecule has 0 radical (unpaired) electrons. The molecule has 50 heavy (non-hydrogen) atoms. The summed E-state index contributed by atoms with van der Waals surface area (Å²) in [5, 5.41) is 0. The number of benzene rings is 3. The summed E-state index contributed by atoms with van der Waals surface area (Å²) >= 11 is 0. The van der Waals surface area contributed by atoms with E-state index in [0.29, 0.717) is 52.7 Å². The number of halogens is 3. The number of rotatable bonds is 9. The molecule has 0 spiro atoms. The lowest BCUT2D eigenvalue weighted by molar-refractivity contribution is -0.137. The Morgan fingerprint density at radius 2 is 1.74 bits per heavy atom. The predicted octanol–water partition coefficient (Wildman–Crippen LogP) is 7.16. The second-order valence-electron chi connectivity index (χ2n) is 12.5. The SMILES string of the molecule is COC(=O)c1ccc(-c2ccc(OC)c(-c3cnc(N4CC(OC)C4)nc3CN3C(=O)O[C@H](c4cc(C)cc(C(F)(F)F)c4)[C@@H]3C)c2)c(C)c1. The molecule has 262 valence electrons. The van der Waals surface area contributed by atoms with Gasteiger partial charge in [-0.25, -0.2) is 19.6 Å². The van der Waals surface area contributed by atoms with Crippen molar-refractivity contribution in [3.63, 3.8) is 0 Å². The average Bonchev–Trinajstić information content (AvgIpc) is 3.35. The maximum absolute atomic E-state index is 13.7. The molecule has 0 N–H and O–H groups in total. The molecule has 0 saturated carbocycles. The van der Waals surface area contributed by atoms with Gasteiger partial charge in [-0.05, 0) is 79.4 Å². The Bertz CT molecular complexity index is 1950. The van der Waals surface area contributed by atoms with Crippen LogP contribution in [0.15, 0.2) is 60.8 Å². The van der Waals surface area contributed by atoms with Crippen LogP contribution in [0.1, 0.15) is 51.3 Å².